The molecule has 1 N–H and O–H groups in total. The van der Waals surface area contributed by atoms with E-state index in [0.29, 0.717) is 0 Å². The van der Waals surface area contributed by atoms with Gasteiger partial charge < -0.3 is 5.32 Å². The third-order valence-electron chi connectivity index (χ3n) is 3.85. The zero-order valence-electron chi connectivity index (χ0n) is 10.5. The topological polar surface area (TPSA) is 12.0 Å². The Labute approximate surface area is 117 Å². The van der Waals surface area contributed by atoms with Crippen LogP contribution in [0.1, 0.15) is 11.1 Å². The van der Waals surface area contributed by atoms with Crippen molar-refractivity contribution < 1.29 is 4.39 Å². The molecule has 0 amide bonds. The van der Waals surface area contributed by atoms with Crippen LogP contribution >= 0.6 is 11.6 Å². The lowest BCUT2D eigenvalue weighted by Gasteiger charge is -2.43. The smallest absolute Gasteiger partial charge is 0.123 e. The first-order chi connectivity index (χ1) is 9.20. The standard InChI is InChI=1S/C16H15ClFN/c17-15-7-2-1-4-12(15)9-16(10-19-11-16)13-5-3-6-14(18)8-13/h1-8,19H,9-11H2. The van der Waals surface area contributed by atoms with Crippen molar-refractivity contribution in [2.75, 3.05) is 13.1 Å². The molecule has 0 bridgehead atoms. The first-order valence-corrected chi connectivity index (χ1v) is 6.78. The van der Waals surface area contributed by atoms with Crippen molar-refractivity contribution >= 4 is 11.6 Å². The highest BCUT2D eigenvalue weighted by Crippen LogP contribution is 2.34. The van der Waals surface area contributed by atoms with Gasteiger partial charge in [-0.2, -0.15) is 0 Å². The molecule has 0 radical (unpaired) electrons. The van der Waals surface area contributed by atoms with Gasteiger partial charge in [-0.15, -0.1) is 0 Å². The van der Waals surface area contributed by atoms with E-state index in [1.807, 2.05) is 30.3 Å². The summed E-state index contributed by atoms with van der Waals surface area (Å²) in [6.45, 7) is 1.73. The van der Waals surface area contributed by atoms with E-state index in [0.717, 1.165) is 35.7 Å². The molecule has 1 aliphatic rings. The summed E-state index contributed by atoms with van der Waals surface area (Å²) in [7, 11) is 0. The van der Waals surface area contributed by atoms with Gasteiger partial charge in [-0.05, 0) is 35.7 Å². The van der Waals surface area contributed by atoms with Gasteiger partial charge in [-0.1, -0.05) is 41.9 Å². The number of nitrogens with one attached hydrogen (secondary N) is 1. The van der Waals surface area contributed by atoms with Gasteiger partial charge in [-0.25, -0.2) is 4.39 Å². The molecule has 0 atom stereocenters. The highest BCUT2D eigenvalue weighted by Gasteiger charge is 2.39. The zero-order chi connectivity index (χ0) is 13.3. The SMILES string of the molecule is Fc1cccc(C2(Cc3ccccc3Cl)CNC2)c1. The minimum absolute atomic E-state index is 0.0346. The number of rotatable bonds is 3. The van der Waals surface area contributed by atoms with Crippen LogP contribution in [-0.4, -0.2) is 13.1 Å². The minimum Gasteiger partial charge on any atom is -0.315 e. The molecular weight excluding hydrogens is 261 g/mol. The maximum absolute atomic E-state index is 13.4. The number of benzene rings is 2. The maximum atomic E-state index is 13.4. The highest BCUT2D eigenvalue weighted by atomic mass is 35.5. The van der Waals surface area contributed by atoms with Crippen molar-refractivity contribution in [3.05, 3.63) is 70.5 Å². The molecule has 2 aromatic rings. The van der Waals surface area contributed by atoms with Gasteiger partial charge in [0.05, 0.1) is 0 Å². The Morgan fingerprint density at radius 3 is 2.53 bits per heavy atom. The molecule has 1 saturated heterocycles. The Bertz CT molecular complexity index is 593. The fourth-order valence-corrected chi connectivity index (χ4v) is 2.89. The normalized spacial score (nSPS) is 16.9. The fraction of sp³-hybridized carbons (Fsp3) is 0.250. The highest BCUT2D eigenvalue weighted by molar-refractivity contribution is 6.31. The van der Waals surface area contributed by atoms with Crippen LogP contribution in [0.4, 0.5) is 4.39 Å². The Morgan fingerprint density at radius 1 is 1.11 bits per heavy atom. The van der Waals surface area contributed by atoms with Crippen LogP contribution in [0.3, 0.4) is 0 Å². The summed E-state index contributed by atoms with van der Waals surface area (Å²) in [6, 6.07) is 14.8. The lowest BCUT2D eigenvalue weighted by molar-refractivity contribution is 0.274. The molecule has 98 valence electrons. The second-order valence-electron chi connectivity index (χ2n) is 5.16. The van der Waals surface area contributed by atoms with Crippen LogP contribution in [0.2, 0.25) is 5.02 Å². The monoisotopic (exact) mass is 275 g/mol. The summed E-state index contributed by atoms with van der Waals surface area (Å²) in [6.07, 6.45) is 0.836. The van der Waals surface area contributed by atoms with Gasteiger partial charge in [0.15, 0.2) is 0 Å². The van der Waals surface area contributed by atoms with Crippen molar-refractivity contribution in [1.29, 1.82) is 0 Å². The van der Waals surface area contributed by atoms with Crippen molar-refractivity contribution in [2.45, 2.75) is 11.8 Å². The number of hydrogen-bond donors (Lipinski definition) is 1. The number of hydrogen-bond acceptors (Lipinski definition) is 1. The summed E-state index contributed by atoms with van der Waals surface area (Å²) >= 11 is 6.24. The van der Waals surface area contributed by atoms with Gasteiger partial charge in [0.25, 0.3) is 0 Å². The Hall–Kier alpha value is -1.38. The van der Waals surface area contributed by atoms with E-state index in [1.165, 1.54) is 6.07 Å². The lowest BCUT2D eigenvalue weighted by Crippen LogP contribution is -2.58. The van der Waals surface area contributed by atoms with E-state index >= 15 is 0 Å². The molecule has 0 aromatic heterocycles. The fourth-order valence-electron chi connectivity index (χ4n) is 2.68. The molecule has 1 nitrogen and oxygen atoms in total. The van der Waals surface area contributed by atoms with E-state index in [2.05, 4.69) is 5.32 Å². The second-order valence-corrected chi connectivity index (χ2v) is 5.57. The Morgan fingerprint density at radius 2 is 1.89 bits per heavy atom. The quantitative estimate of drug-likeness (QED) is 0.903. The molecule has 3 heteroatoms. The molecule has 19 heavy (non-hydrogen) atoms. The molecule has 0 aliphatic carbocycles. The Kier molecular flexibility index (Phi) is 3.29. The van der Waals surface area contributed by atoms with Crippen LogP contribution in [0.5, 0.6) is 0 Å². The predicted octanol–water partition coefficient (Wildman–Crippen LogP) is 3.56. The first kappa shape index (κ1) is 12.6. The molecule has 1 aliphatic heterocycles. The number of halogens is 2. The minimum atomic E-state index is -0.178. The van der Waals surface area contributed by atoms with Gasteiger partial charge in [-0.3, -0.25) is 0 Å². The second kappa shape index (κ2) is 4.95. The summed E-state index contributed by atoms with van der Waals surface area (Å²) in [5, 5.41) is 4.08. The van der Waals surface area contributed by atoms with E-state index in [9.17, 15) is 4.39 Å². The molecule has 0 unspecified atom stereocenters. The van der Waals surface area contributed by atoms with E-state index in [1.54, 1.807) is 12.1 Å². The van der Waals surface area contributed by atoms with Gasteiger partial charge in [0, 0.05) is 23.5 Å². The molecule has 0 saturated carbocycles. The summed E-state index contributed by atoms with van der Waals surface area (Å²) in [4.78, 5) is 0. The van der Waals surface area contributed by atoms with Crippen molar-refractivity contribution in [3.63, 3.8) is 0 Å². The molecule has 1 fully saturated rings. The predicted molar refractivity (Wildman–Crippen MR) is 76.1 cm³/mol. The maximum Gasteiger partial charge on any atom is 0.123 e. The van der Waals surface area contributed by atoms with Crippen LogP contribution in [0.25, 0.3) is 0 Å². The third-order valence-corrected chi connectivity index (χ3v) is 4.22. The first-order valence-electron chi connectivity index (χ1n) is 6.40. The van der Waals surface area contributed by atoms with Crippen LogP contribution in [0, 0.1) is 5.82 Å². The van der Waals surface area contributed by atoms with E-state index in [4.69, 9.17) is 11.6 Å². The van der Waals surface area contributed by atoms with Gasteiger partial charge >= 0.3 is 0 Å². The van der Waals surface area contributed by atoms with Crippen LogP contribution in [0.15, 0.2) is 48.5 Å². The summed E-state index contributed by atoms with van der Waals surface area (Å²) in [5.74, 6) is -0.178. The van der Waals surface area contributed by atoms with Crippen molar-refractivity contribution in [1.82, 2.24) is 5.32 Å². The molecular formula is C16H15ClFN. The summed E-state index contributed by atoms with van der Waals surface area (Å²) < 4.78 is 13.4. The van der Waals surface area contributed by atoms with Crippen molar-refractivity contribution in [2.24, 2.45) is 0 Å². The Balaban J connectivity index is 1.94. The molecule has 0 spiro atoms. The molecule has 2 aromatic carbocycles. The third kappa shape index (κ3) is 2.38. The molecule has 3 rings (SSSR count). The lowest BCUT2D eigenvalue weighted by atomic mass is 9.71. The van der Waals surface area contributed by atoms with Gasteiger partial charge in [0.1, 0.15) is 5.82 Å². The average molecular weight is 276 g/mol. The molecule has 1 heterocycles. The average Bonchev–Trinajstić information content (AvgIpc) is 2.36. The summed E-state index contributed by atoms with van der Waals surface area (Å²) in [5.41, 5.74) is 2.13. The van der Waals surface area contributed by atoms with Crippen LogP contribution < -0.4 is 5.32 Å². The van der Waals surface area contributed by atoms with Crippen LogP contribution in [-0.2, 0) is 11.8 Å². The largest absolute Gasteiger partial charge is 0.315 e. The zero-order valence-corrected chi connectivity index (χ0v) is 11.3. The van der Waals surface area contributed by atoms with Crippen molar-refractivity contribution in [3.8, 4) is 0 Å². The van der Waals surface area contributed by atoms with E-state index < -0.39 is 0 Å². The van der Waals surface area contributed by atoms with E-state index in [-0.39, 0.29) is 11.2 Å². The van der Waals surface area contributed by atoms with Gasteiger partial charge in [0.2, 0.25) is 0 Å².